The third kappa shape index (κ3) is 4.56. The molecule has 1 amide bonds. The number of amides is 1. The van der Waals surface area contributed by atoms with Gasteiger partial charge in [0.05, 0.1) is 37.3 Å². The molecular formula is C22H28N4O2. The summed E-state index contributed by atoms with van der Waals surface area (Å²) in [5.74, 6) is 0.467. The minimum Gasteiger partial charge on any atom is -0.379 e. The number of carbonyl (C=O) groups is 1. The van der Waals surface area contributed by atoms with Crippen LogP contribution >= 0.6 is 0 Å². The molecule has 1 aromatic heterocycles. The highest BCUT2D eigenvalue weighted by Gasteiger charge is 2.27. The predicted molar refractivity (Wildman–Crippen MR) is 108 cm³/mol. The maximum atomic E-state index is 12.8. The molecule has 2 aromatic rings. The van der Waals surface area contributed by atoms with Crippen molar-refractivity contribution in [1.29, 1.82) is 0 Å². The lowest BCUT2D eigenvalue weighted by molar-refractivity contribution is -0.134. The number of ether oxygens (including phenoxy) is 1. The van der Waals surface area contributed by atoms with E-state index in [2.05, 4.69) is 35.0 Å². The van der Waals surface area contributed by atoms with Crippen molar-refractivity contribution in [2.75, 3.05) is 45.9 Å². The summed E-state index contributed by atoms with van der Waals surface area (Å²) in [6, 6.07) is 8.33. The number of hydrogen-bond acceptors (Lipinski definition) is 5. The molecule has 4 rings (SSSR count). The highest BCUT2D eigenvalue weighted by atomic mass is 16.5. The molecule has 28 heavy (non-hydrogen) atoms. The third-order valence-electron chi connectivity index (χ3n) is 5.62. The maximum absolute atomic E-state index is 12.8. The highest BCUT2D eigenvalue weighted by Crippen LogP contribution is 2.27. The second-order valence-electron chi connectivity index (χ2n) is 7.77. The molecule has 148 valence electrons. The number of hydrogen-bond donors (Lipinski definition) is 0. The lowest BCUT2D eigenvalue weighted by atomic mass is 9.94. The largest absolute Gasteiger partial charge is 0.379 e. The van der Waals surface area contributed by atoms with E-state index in [4.69, 9.17) is 9.72 Å². The Bertz CT molecular complexity index is 820. The van der Waals surface area contributed by atoms with Crippen molar-refractivity contribution in [3.05, 3.63) is 47.9 Å². The van der Waals surface area contributed by atoms with E-state index in [9.17, 15) is 4.79 Å². The van der Waals surface area contributed by atoms with E-state index in [-0.39, 0.29) is 11.8 Å². The molecule has 6 heteroatoms. The topological polar surface area (TPSA) is 58.6 Å². The predicted octanol–water partition coefficient (Wildman–Crippen LogP) is 2.49. The zero-order chi connectivity index (χ0) is 19.3. The average molecular weight is 380 g/mol. The Kier molecular flexibility index (Phi) is 5.98. The molecule has 0 spiro atoms. The van der Waals surface area contributed by atoms with Gasteiger partial charge in [0.15, 0.2) is 0 Å². The third-order valence-corrected chi connectivity index (χ3v) is 5.62. The number of aromatic nitrogens is 2. The number of piperidine rings is 1. The minimum atomic E-state index is 0.217. The maximum Gasteiger partial charge on any atom is 0.236 e. The van der Waals surface area contributed by atoms with Gasteiger partial charge >= 0.3 is 0 Å². The van der Waals surface area contributed by atoms with Gasteiger partial charge in [-0.2, -0.15) is 0 Å². The van der Waals surface area contributed by atoms with Crippen LogP contribution in [0.4, 0.5) is 0 Å². The van der Waals surface area contributed by atoms with Crippen LogP contribution in [0.3, 0.4) is 0 Å². The molecule has 1 aromatic carbocycles. The van der Waals surface area contributed by atoms with Crippen LogP contribution in [0.2, 0.25) is 0 Å². The molecule has 1 unspecified atom stereocenters. The first-order valence-electron chi connectivity index (χ1n) is 10.2. The van der Waals surface area contributed by atoms with Gasteiger partial charge in [0, 0.05) is 43.9 Å². The molecule has 0 N–H and O–H groups in total. The van der Waals surface area contributed by atoms with Crippen LogP contribution in [0, 0.1) is 6.92 Å². The fourth-order valence-electron chi connectivity index (χ4n) is 4.02. The Morgan fingerprint density at radius 2 is 2.07 bits per heavy atom. The Balaban J connectivity index is 1.44. The molecule has 3 heterocycles. The summed E-state index contributed by atoms with van der Waals surface area (Å²) in [4.78, 5) is 26.3. The fraction of sp³-hybridized carbons (Fsp3) is 0.500. The van der Waals surface area contributed by atoms with Crippen molar-refractivity contribution < 1.29 is 9.53 Å². The van der Waals surface area contributed by atoms with Gasteiger partial charge < -0.3 is 9.64 Å². The first-order valence-corrected chi connectivity index (χ1v) is 10.2. The summed E-state index contributed by atoms with van der Waals surface area (Å²) in [6.07, 6.45) is 5.74. The van der Waals surface area contributed by atoms with Gasteiger partial charge in [-0.3, -0.25) is 14.7 Å². The van der Waals surface area contributed by atoms with Crippen LogP contribution in [-0.4, -0.2) is 71.6 Å². The number of benzene rings is 1. The molecule has 0 radical (unpaired) electrons. The molecule has 6 nitrogen and oxygen atoms in total. The highest BCUT2D eigenvalue weighted by molar-refractivity contribution is 5.78. The number of nitrogens with zero attached hydrogens (tertiary/aromatic N) is 4. The summed E-state index contributed by atoms with van der Waals surface area (Å²) in [5, 5.41) is 0. The molecule has 2 aliphatic heterocycles. The number of likely N-dealkylation sites (tertiary alicyclic amines) is 1. The number of carbonyl (C=O) groups excluding carboxylic acids is 1. The zero-order valence-electron chi connectivity index (χ0n) is 16.5. The molecule has 0 saturated carbocycles. The standard InChI is InChI=1S/C22H28N4O2/c1-17-4-2-5-18(12-17)20-13-23-14-21(24-20)19-6-3-7-26(15-19)22(27)16-25-8-10-28-11-9-25/h2,4-5,12-14,19H,3,6-11,15-16H2,1H3. The van der Waals surface area contributed by atoms with Gasteiger partial charge in [-0.25, -0.2) is 4.98 Å². The van der Waals surface area contributed by atoms with Crippen molar-refractivity contribution in [2.45, 2.75) is 25.7 Å². The molecule has 2 saturated heterocycles. The lowest BCUT2D eigenvalue weighted by Crippen LogP contribution is -2.47. The van der Waals surface area contributed by atoms with E-state index in [1.165, 1.54) is 5.56 Å². The smallest absolute Gasteiger partial charge is 0.236 e. The van der Waals surface area contributed by atoms with E-state index in [0.29, 0.717) is 6.54 Å². The van der Waals surface area contributed by atoms with Gasteiger partial charge in [-0.15, -0.1) is 0 Å². The molecule has 2 fully saturated rings. The first kappa shape index (κ1) is 19.0. The Hall–Kier alpha value is -2.31. The van der Waals surface area contributed by atoms with Gasteiger partial charge in [-0.05, 0) is 25.8 Å². The van der Waals surface area contributed by atoms with E-state index in [1.54, 1.807) is 0 Å². The molecule has 0 bridgehead atoms. The SMILES string of the molecule is Cc1cccc(-c2cncc(C3CCCN(C(=O)CN4CCOCC4)C3)n2)c1. The summed E-state index contributed by atoms with van der Waals surface area (Å²) >= 11 is 0. The molecule has 0 aliphatic carbocycles. The number of morpholine rings is 1. The van der Waals surface area contributed by atoms with Gasteiger partial charge in [0.2, 0.25) is 5.91 Å². The summed E-state index contributed by atoms with van der Waals surface area (Å²) < 4.78 is 5.37. The Morgan fingerprint density at radius 3 is 2.89 bits per heavy atom. The summed E-state index contributed by atoms with van der Waals surface area (Å²) in [6.45, 7) is 7.26. The molecule has 2 aliphatic rings. The monoisotopic (exact) mass is 380 g/mol. The van der Waals surface area contributed by atoms with Gasteiger partial charge in [0.1, 0.15) is 0 Å². The second-order valence-corrected chi connectivity index (χ2v) is 7.77. The van der Waals surface area contributed by atoms with Crippen LogP contribution in [0.25, 0.3) is 11.3 Å². The van der Waals surface area contributed by atoms with E-state index >= 15 is 0 Å². The van der Waals surface area contributed by atoms with E-state index < -0.39 is 0 Å². The zero-order valence-corrected chi connectivity index (χ0v) is 16.5. The summed E-state index contributed by atoms with van der Waals surface area (Å²) in [5.41, 5.74) is 4.19. The minimum absolute atomic E-state index is 0.217. The van der Waals surface area contributed by atoms with Gasteiger partial charge in [0.25, 0.3) is 0 Å². The molecule has 1 atom stereocenters. The normalized spacial score (nSPS) is 20.9. The Labute approximate surface area is 166 Å². The van der Waals surface area contributed by atoms with Crippen LogP contribution in [0.5, 0.6) is 0 Å². The van der Waals surface area contributed by atoms with Crippen molar-refractivity contribution in [2.24, 2.45) is 0 Å². The average Bonchev–Trinajstić information content (AvgIpc) is 2.75. The Morgan fingerprint density at radius 1 is 1.21 bits per heavy atom. The van der Waals surface area contributed by atoms with Crippen molar-refractivity contribution in [1.82, 2.24) is 19.8 Å². The summed E-state index contributed by atoms with van der Waals surface area (Å²) in [7, 11) is 0. The van der Waals surface area contributed by atoms with Crippen molar-refractivity contribution in [3.63, 3.8) is 0 Å². The lowest BCUT2D eigenvalue weighted by Gasteiger charge is -2.34. The van der Waals surface area contributed by atoms with Crippen LogP contribution < -0.4 is 0 Å². The number of rotatable bonds is 4. The van der Waals surface area contributed by atoms with Crippen molar-refractivity contribution in [3.8, 4) is 11.3 Å². The van der Waals surface area contributed by atoms with Gasteiger partial charge in [-0.1, -0.05) is 23.8 Å². The molecular weight excluding hydrogens is 352 g/mol. The van der Waals surface area contributed by atoms with E-state index in [0.717, 1.165) is 69.2 Å². The quantitative estimate of drug-likeness (QED) is 0.816. The number of aryl methyl sites for hydroxylation is 1. The van der Waals surface area contributed by atoms with Crippen LogP contribution in [-0.2, 0) is 9.53 Å². The van der Waals surface area contributed by atoms with Crippen LogP contribution in [0.1, 0.15) is 30.0 Å². The fourth-order valence-corrected chi connectivity index (χ4v) is 4.02. The van der Waals surface area contributed by atoms with E-state index in [1.807, 2.05) is 23.4 Å². The van der Waals surface area contributed by atoms with Crippen molar-refractivity contribution >= 4 is 5.91 Å². The van der Waals surface area contributed by atoms with Crippen LogP contribution in [0.15, 0.2) is 36.7 Å². The first-order chi connectivity index (χ1) is 13.7. The second kappa shape index (κ2) is 8.80.